The zero-order valence-corrected chi connectivity index (χ0v) is 19.2. The average Bonchev–Trinajstić information content (AvgIpc) is 3.18. The van der Waals surface area contributed by atoms with E-state index in [0.29, 0.717) is 17.3 Å². The summed E-state index contributed by atoms with van der Waals surface area (Å²) in [6, 6.07) is 18.7. The van der Waals surface area contributed by atoms with E-state index in [1.165, 1.54) is 25.1 Å². The smallest absolute Gasteiger partial charge is 0.340 e. The molecule has 7 nitrogen and oxygen atoms in total. The summed E-state index contributed by atoms with van der Waals surface area (Å²) in [5, 5.41) is 0. The zero-order valence-electron chi connectivity index (χ0n) is 18.4. The highest BCUT2D eigenvalue weighted by Crippen LogP contribution is 2.25. The summed E-state index contributed by atoms with van der Waals surface area (Å²) in [5.74, 6) is -0.365. The van der Waals surface area contributed by atoms with Crippen LogP contribution in [0.25, 0.3) is 11.5 Å². The van der Waals surface area contributed by atoms with Crippen LogP contribution in [0, 0.1) is 19.7 Å². The molecular formula is C25H21FN2O5S. The van der Waals surface area contributed by atoms with E-state index in [0.717, 1.165) is 17.7 Å². The third kappa shape index (κ3) is 4.99. The number of carbonyl (C=O) groups excluding carboxylic acids is 1. The Morgan fingerprint density at radius 3 is 2.47 bits per heavy atom. The number of aryl methyl sites for hydroxylation is 2. The van der Waals surface area contributed by atoms with Gasteiger partial charge >= 0.3 is 5.97 Å². The molecule has 0 fully saturated rings. The molecule has 34 heavy (non-hydrogen) atoms. The second kappa shape index (κ2) is 9.48. The molecule has 4 rings (SSSR count). The number of esters is 1. The van der Waals surface area contributed by atoms with Crippen LogP contribution in [-0.4, -0.2) is 19.4 Å². The summed E-state index contributed by atoms with van der Waals surface area (Å²) >= 11 is 0. The molecule has 0 bridgehead atoms. The highest BCUT2D eigenvalue weighted by atomic mass is 32.2. The van der Waals surface area contributed by atoms with Gasteiger partial charge in [-0.05, 0) is 61.9 Å². The summed E-state index contributed by atoms with van der Waals surface area (Å²) in [6.07, 6.45) is 0. The molecule has 3 aromatic carbocycles. The first kappa shape index (κ1) is 23.2. The van der Waals surface area contributed by atoms with E-state index >= 15 is 0 Å². The maximum atomic E-state index is 13.4. The lowest BCUT2D eigenvalue weighted by Gasteiger charge is -2.13. The first-order valence-corrected chi connectivity index (χ1v) is 11.8. The number of aromatic nitrogens is 1. The minimum absolute atomic E-state index is 0.0234. The van der Waals surface area contributed by atoms with Crippen molar-refractivity contribution in [2.24, 2.45) is 0 Å². The van der Waals surface area contributed by atoms with E-state index in [4.69, 9.17) is 9.15 Å². The Morgan fingerprint density at radius 2 is 1.74 bits per heavy atom. The first-order chi connectivity index (χ1) is 16.2. The van der Waals surface area contributed by atoms with Crippen LogP contribution in [0.3, 0.4) is 0 Å². The van der Waals surface area contributed by atoms with Gasteiger partial charge in [0.1, 0.15) is 23.9 Å². The van der Waals surface area contributed by atoms with Crippen molar-refractivity contribution in [1.82, 2.24) is 4.98 Å². The maximum Gasteiger partial charge on any atom is 0.340 e. The van der Waals surface area contributed by atoms with Gasteiger partial charge in [-0.3, -0.25) is 4.72 Å². The van der Waals surface area contributed by atoms with Crippen molar-refractivity contribution in [3.63, 3.8) is 0 Å². The molecule has 1 aromatic heterocycles. The van der Waals surface area contributed by atoms with Crippen molar-refractivity contribution >= 4 is 21.7 Å². The van der Waals surface area contributed by atoms with Gasteiger partial charge in [-0.1, -0.05) is 30.3 Å². The summed E-state index contributed by atoms with van der Waals surface area (Å²) in [5.41, 5.74) is 1.54. The topological polar surface area (TPSA) is 98.5 Å². The lowest BCUT2D eigenvalue weighted by Crippen LogP contribution is -2.17. The summed E-state index contributed by atoms with van der Waals surface area (Å²) < 4.78 is 52.6. The Labute approximate surface area is 196 Å². The number of sulfonamides is 1. The summed E-state index contributed by atoms with van der Waals surface area (Å²) in [6.45, 7) is 3.05. The fourth-order valence-electron chi connectivity index (χ4n) is 3.34. The number of nitrogens with zero attached hydrogens (tertiary/aromatic N) is 1. The molecule has 4 aromatic rings. The normalized spacial score (nSPS) is 11.3. The van der Waals surface area contributed by atoms with Crippen molar-refractivity contribution in [2.75, 3.05) is 4.72 Å². The van der Waals surface area contributed by atoms with Gasteiger partial charge in [0.25, 0.3) is 10.0 Å². The van der Waals surface area contributed by atoms with Gasteiger partial charge in [0.05, 0.1) is 16.1 Å². The molecule has 0 saturated carbocycles. The number of halogens is 1. The SMILES string of the molecule is Cc1cc(F)ccc1S(=O)(=O)Nc1ccccc1C(=O)OCc1nc(-c2ccccc2)oc1C. The van der Waals surface area contributed by atoms with E-state index < -0.39 is 21.8 Å². The van der Waals surface area contributed by atoms with Gasteiger partial charge in [0.2, 0.25) is 5.89 Å². The van der Waals surface area contributed by atoms with Crippen LogP contribution in [0.2, 0.25) is 0 Å². The van der Waals surface area contributed by atoms with Crippen LogP contribution in [0.4, 0.5) is 10.1 Å². The molecule has 0 aliphatic carbocycles. The predicted molar refractivity (Wildman–Crippen MR) is 124 cm³/mol. The zero-order chi connectivity index (χ0) is 24.3. The van der Waals surface area contributed by atoms with Crippen LogP contribution >= 0.6 is 0 Å². The van der Waals surface area contributed by atoms with Crippen molar-refractivity contribution < 1.29 is 26.8 Å². The van der Waals surface area contributed by atoms with Crippen LogP contribution in [-0.2, 0) is 21.4 Å². The first-order valence-electron chi connectivity index (χ1n) is 10.3. The van der Waals surface area contributed by atoms with E-state index in [2.05, 4.69) is 9.71 Å². The Morgan fingerprint density at radius 1 is 1.03 bits per heavy atom. The highest BCUT2D eigenvalue weighted by molar-refractivity contribution is 7.92. The maximum absolute atomic E-state index is 13.4. The number of para-hydroxylation sites is 1. The van der Waals surface area contributed by atoms with E-state index in [-0.39, 0.29) is 28.3 Å². The number of hydrogen-bond acceptors (Lipinski definition) is 6. The number of ether oxygens (including phenoxy) is 1. The van der Waals surface area contributed by atoms with Crippen LogP contribution in [0.15, 0.2) is 82.1 Å². The Kier molecular flexibility index (Phi) is 6.47. The molecule has 0 unspecified atom stereocenters. The van der Waals surface area contributed by atoms with Gasteiger partial charge in [0.15, 0.2) is 0 Å². The fourth-order valence-corrected chi connectivity index (χ4v) is 4.65. The summed E-state index contributed by atoms with van der Waals surface area (Å²) in [4.78, 5) is 17.1. The molecule has 0 saturated heterocycles. The lowest BCUT2D eigenvalue weighted by atomic mass is 10.2. The molecule has 0 radical (unpaired) electrons. The van der Waals surface area contributed by atoms with Gasteiger partial charge < -0.3 is 9.15 Å². The Hall–Kier alpha value is -3.98. The molecule has 0 aliphatic rings. The van der Waals surface area contributed by atoms with E-state index in [9.17, 15) is 17.6 Å². The summed E-state index contributed by atoms with van der Waals surface area (Å²) in [7, 11) is -4.07. The van der Waals surface area contributed by atoms with Crippen molar-refractivity contribution in [3.8, 4) is 11.5 Å². The minimum Gasteiger partial charge on any atom is -0.455 e. The number of anilines is 1. The van der Waals surface area contributed by atoms with E-state index in [1.807, 2.05) is 30.3 Å². The van der Waals surface area contributed by atoms with Crippen LogP contribution < -0.4 is 4.72 Å². The quantitative estimate of drug-likeness (QED) is 0.363. The molecule has 9 heteroatoms. The number of hydrogen-bond donors (Lipinski definition) is 1. The van der Waals surface area contributed by atoms with E-state index in [1.54, 1.807) is 19.1 Å². The standard InChI is InChI=1S/C25H21FN2O5S/c1-16-14-19(26)12-13-23(16)34(30,31)28-21-11-7-6-10-20(21)25(29)32-15-22-17(2)33-24(27-22)18-8-4-3-5-9-18/h3-14,28H,15H2,1-2H3. The van der Waals surface area contributed by atoms with Crippen molar-refractivity contribution in [2.45, 2.75) is 25.3 Å². The number of carbonyl (C=O) groups is 1. The fraction of sp³-hybridized carbons (Fsp3) is 0.120. The van der Waals surface area contributed by atoms with Gasteiger partial charge in [-0.15, -0.1) is 0 Å². The molecule has 1 N–H and O–H groups in total. The second-order valence-electron chi connectivity index (χ2n) is 7.52. The minimum atomic E-state index is -4.07. The number of rotatable bonds is 7. The van der Waals surface area contributed by atoms with Gasteiger partial charge in [-0.25, -0.2) is 22.6 Å². The third-order valence-electron chi connectivity index (χ3n) is 5.07. The molecule has 0 atom stereocenters. The number of nitrogens with one attached hydrogen (secondary N) is 1. The Balaban J connectivity index is 1.52. The molecular weight excluding hydrogens is 459 g/mol. The van der Waals surface area contributed by atoms with Crippen LogP contribution in [0.1, 0.15) is 27.4 Å². The molecule has 0 amide bonds. The number of oxazole rings is 1. The Bertz CT molecular complexity index is 1450. The highest BCUT2D eigenvalue weighted by Gasteiger charge is 2.22. The largest absolute Gasteiger partial charge is 0.455 e. The van der Waals surface area contributed by atoms with Gasteiger partial charge in [0, 0.05) is 5.56 Å². The number of benzene rings is 3. The third-order valence-corrected chi connectivity index (χ3v) is 6.60. The van der Waals surface area contributed by atoms with Crippen LogP contribution in [0.5, 0.6) is 0 Å². The molecule has 174 valence electrons. The second-order valence-corrected chi connectivity index (χ2v) is 9.18. The van der Waals surface area contributed by atoms with Crippen molar-refractivity contribution in [3.05, 3.63) is 101 Å². The van der Waals surface area contributed by atoms with Crippen molar-refractivity contribution in [1.29, 1.82) is 0 Å². The molecule has 0 spiro atoms. The average molecular weight is 481 g/mol. The predicted octanol–water partition coefficient (Wildman–Crippen LogP) is 5.26. The lowest BCUT2D eigenvalue weighted by molar-refractivity contribution is 0.0468. The van der Waals surface area contributed by atoms with Gasteiger partial charge in [-0.2, -0.15) is 0 Å². The molecule has 0 aliphatic heterocycles. The molecule has 1 heterocycles. The monoisotopic (exact) mass is 480 g/mol.